The second kappa shape index (κ2) is 7.68. The van der Waals surface area contributed by atoms with Crippen molar-refractivity contribution in [2.24, 2.45) is 0 Å². The van der Waals surface area contributed by atoms with Crippen molar-refractivity contribution in [2.75, 3.05) is 5.32 Å². The van der Waals surface area contributed by atoms with Crippen molar-refractivity contribution >= 4 is 34.8 Å². The lowest BCUT2D eigenvalue weighted by Gasteiger charge is -2.08. The third kappa shape index (κ3) is 4.59. The van der Waals surface area contributed by atoms with Crippen LogP contribution in [0.2, 0.25) is 10.0 Å². The van der Waals surface area contributed by atoms with Crippen molar-refractivity contribution in [1.29, 1.82) is 0 Å². The maximum Gasteiger partial charge on any atom is 0.227 e. The third-order valence-corrected chi connectivity index (χ3v) is 4.10. The van der Waals surface area contributed by atoms with Crippen LogP contribution in [0.4, 0.5) is 5.69 Å². The van der Waals surface area contributed by atoms with Crippen molar-refractivity contribution in [3.63, 3.8) is 0 Å². The van der Waals surface area contributed by atoms with Crippen molar-refractivity contribution in [3.05, 3.63) is 64.0 Å². The topological polar surface area (TPSA) is 68.0 Å². The van der Waals surface area contributed by atoms with Gasteiger partial charge >= 0.3 is 0 Å². The molecule has 0 aliphatic rings. The molecule has 2 aromatic carbocycles. The van der Waals surface area contributed by atoms with Crippen LogP contribution >= 0.6 is 23.2 Å². The Morgan fingerprint density at radius 1 is 1.12 bits per heavy atom. The summed E-state index contributed by atoms with van der Waals surface area (Å²) in [6.07, 6.45) is 0.584. The quantitative estimate of drug-likeness (QED) is 0.686. The number of anilines is 1. The molecular formula is C18H15Cl2N3O2. The Hall–Kier alpha value is -2.37. The standard InChI is InChI=1S/C18H15Cl2N3O2/c1-11-2-5-14(20)10-15(11)21-16(24)8-9-17-22-18(23-25-17)12-3-6-13(19)7-4-12/h2-7,10H,8-9H2,1H3,(H,21,24). The SMILES string of the molecule is Cc1ccc(Cl)cc1NC(=O)CCc1nc(-c2ccc(Cl)cc2)no1. The number of amides is 1. The van der Waals surface area contributed by atoms with Gasteiger partial charge in [0.1, 0.15) is 0 Å². The number of hydrogen-bond donors (Lipinski definition) is 1. The number of nitrogens with one attached hydrogen (secondary N) is 1. The number of hydrogen-bond acceptors (Lipinski definition) is 4. The average molecular weight is 376 g/mol. The van der Waals surface area contributed by atoms with E-state index in [2.05, 4.69) is 15.5 Å². The molecular weight excluding hydrogens is 361 g/mol. The van der Waals surface area contributed by atoms with Crippen molar-refractivity contribution < 1.29 is 9.32 Å². The van der Waals surface area contributed by atoms with Gasteiger partial charge < -0.3 is 9.84 Å². The lowest BCUT2D eigenvalue weighted by atomic mass is 10.2. The molecule has 1 N–H and O–H groups in total. The van der Waals surface area contributed by atoms with Crippen LogP contribution in [0.5, 0.6) is 0 Å². The van der Waals surface area contributed by atoms with E-state index >= 15 is 0 Å². The number of benzene rings is 2. The number of aromatic nitrogens is 2. The normalized spacial score (nSPS) is 10.7. The molecule has 0 atom stereocenters. The van der Waals surface area contributed by atoms with Gasteiger partial charge in [0.05, 0.1) is 0 Å². The first-order chi connectivity index (χ1) is 12.0. The van der Waals surface area contributed by atoms with E-state index in [1.807, 2.05) is 25.1 Å². The fourth-order valence-corrected chi connectivity index (χ4v) is 2.53. The molecule has 0 saturated heterocycles. The van der Waals surface area contributed by atoms with Crippen LogP contribution in [0.15, 0.2) is 47.0 Å². The lowest BCUT2D eigenvalue weighted by molar-refractivity contribution is -0.116. The predicted octanol–water partition coefficient (Wildman–Crippen LogP) is 4.92. The fourth-order valence-electron chi connectivity index (χ4n) is 2.23. The third-order valence-electron chi connectivity index (χ3n) is 3.61. The van der Waals surface area contributed by atoms with Gasteiger partial charge in [-0.2, -0.15) is 4.98 Å². The summed E-state index contributed by atoms with van der Waals surface area (Å²) in [6, 6.07) is 12.5. The molecule has 1 aromatic heterocycles. The van der Waals surface area contributed by atoms with Crippen molar-refractivity contribution in [3.8, 4) is 11.4 Å². The smallest absolute Gasteiger partial charge is 0.227 e. The Balaban J connectivity index is 1.59. The van der Waals surface area contributed by atoms with Crippen LogP contribution in [0.1, 0.15) is 17.9 Å². The summed E-state index contributed by atoms with van der Waals surface area (Å²) in [5, 5.41) is 7.98. The maximum atomic E-state index is 12.1. The summed E-state index contributed by atoms with van der Waals surface area (Å²) in [5.41, 5.74) is 2.45. The van der Waals surface area contributed by atoms with Gasteiger partial charge in [-0.15, -0.1) is 0 Å². The molecule has 1 amide bonds. The summed E-state index contributed by atoms with van der Waals surface area (Å²) >= 11 is 11.8. The van der Waals surface area contributed by atoms with Gasteiger partial charge in [0.2, 0.25) is 17.6 Å². The van der Waals surface area contributed by atoms with E-state index in [0.29, 0.717) is 33.9 Å². The highest BCUT2D eigenvalue weighted by Gasteiger charge is 2.11. The zero-order chi connectivity index (χ0) is 17.8. The number of rotatable bonds is 5. The Bertz CT molecular complexity index is 892. The molecule has 25 heavy (non-hydrogen) atoms. The van der Waals surface area contributed by atoms with Gasteiger partial charge in [-0.25, -0.2) is 0 Å². The summed E-state index contributed by atoms with van der Waals surface area (Å²) in [4.78, 5) is 16.4. The highest BCUT2D eigenvalue weighted by atomic mass is 35.5. The molecule has 3 rings (SSSR count). The summed E-state index contributed by atoms with van der Waals surface area (Å²) < 4.78 is 5.20. The summed E-state index contributed by atoms with van der Waals surface area (Å²) in [6.45, 7) is 1.91. The van der Waals surface area contributed by atoms with Crippen LogP contribution in [0.25, 0.3) is 11.4 Å². The van der Waals surface area contributed by atoms with Crippen molar-refractivity contribution in [1.82, 2.24) is 10.1 Å². The predicted molar refractivity (Wildman–Crippen MR) is 97.9 cm³/mol. The Labute approximate surface area is 155 Å². The molecule has 5 nitrogen and oxygen atoms in total. The van der Waals surface area contributed by atoms with Crippen LogP contribution in [0, 0.1) is 6.92 Å². The van der Waals surface area contributed by atoms with Gasteiger partial charge in [-0.1, -0.05) is 34.4 Å². The molecule has 0 radical (unpaired) electrons. The Morgan fingerprint density at radius 3 is 2.60 bits per heavy atom. The molecule has 1 heterocycles. The number of carbonyl (C=O) groups excluding carboxylic acids is 1. The van der Waals surface area contributed by atoms with E-state index in [0.717, 1.165) is 11.1 Å². The first kappa shape index (κ1) is 17.5. The highest BCUT2D eigenvalue weighted by molar-refractivity contribution is 6.31. The summed E-state index contributed by atoms with van der Waals surface area (Å²) in [7, 11) is 0. The van der Waals surface area contributed by atoms with Crippen LogP contribution in [-0.2, 0) is 11.2 Å². The first-order valence-corrected chi connectivity index (χ1v) is 8.41. The molecule has 3 aromatic rings. The minimum atomic E-state index is -0.142. The van der Waals surface area contributed by atoms with Gasteiger partial charge in [-0.3, -0.25) is 4.79 Å². The minimum Gasteiger partial charge on any atom is -0.339 e. The monoisotopic (exact) mass is 375 g/mol. The number of nitrogens with zero attached hydrogens (tertiary/aromatic N) is 2. The van der Waals surface area contributed by atoms with E-state index in [-0.39, 0.29) is 12.3 Å². The van der Waals surface area contributed by atoms with E-state index in [4.69, 9.17) is 27.7 Å². The maximum absolute atomic E-state index is 12.1. The van der Waals surface area contributed by atoms with Crippen LogP contribution in [0.3, 0.4) is 0 Å². The molecule has 0 fully saturated rings. The minimum absolute atomic E-state index is 0.142. The van der Waals surface area contributed by atoms with Gasteiger partial charge in [0, 0.05) is 34.1 Å². The largest absolute Gasteiger partial charge is 0.339 e. The zero-order valence-corrected chi connectivity index (χ0v) is 14.9. The van der Waals surface area contributed by atoms with Crippen LogP contribution in [-0.4, -0.2) is 16.0 Å². The summed E-state index contributed by atoms with van der Waals surface area (Å²) in [5.74, 6) is 0.734. The van der Waals surface area contributed by atoms with E-state index < -0.39 is 0 Å². The molecule has 0 unspecified atom stereocenters. The Kier molecular flexibility index (Phi) is 5.36. The Morgan fingerprint density at radius 2 is 1.84 bits per heavy atom. The van der Waals surface area contributed by atoms with Gasteiger partial charge in [0.25, 0.3) is 0 Å². The molecule has 0 saturated carbocycles. The first-order valence-electron chi connectivity index (χ1n) is 7.66. The second-order valence-corrected chi connectivity index (χ2v) is 6.40. The highest BCUT2D eigenvalue weighted by Crippen LogP contribution is 2.21. The molecule has 7 heteroatoms. The number of halogens is 2. The molecule has 0 spiro atoms. The fraction of sp³-hybridized carbons (Fsp3) is 0.167. The number of aryl methyl sites for hydroxylation is 2. The van der Waals surface area contributed by atoms with Crippen molar-refractivity contribution in [2.45, 2.75) is 19.8 Å². The molecule has 128 valence electrons. The van der Waals surface area contributed by atoms with E-state index in [9.17, 15) is 4.79 Å². The zero-order valence-electron chi connectivity index (χ0n) is 13.4. The molecule has 0 bridgehead atoms. The molecule has 0 aliphatic heterocycles. The van der Waals surface area contributed by atoms with E-state index in [1.165, 1.54) is 0 Å². The van der Waals surface area contributed by atoms with Gasteiger partial charge in [-0.05, 0) is 48.9 Å². The van der Waals surface area contributed by atoms with Crippen LogP contribution < -0.4 is 5.32 Å². The van der Waals surface area contributed by atoms with E-state index in [1.54, 1.807) is 24.3 Å². The average Bonchev–Trinajstić information content (AvgIpc) is 3.06. The number of carbonyl (C=O) groups is 1. The molecule has 0 aliphatic carbocycles. The lowest BCUT2D eigenvalue weighted by Crippen LogP contribution is -2.13. The second-order valence-electron chi connectivity index (χ2n) is 5.53. The van der Waals surface area contributed by atoms with Gasteiger partial charge in [0.15, 0.2) is 0 Å².